The van der Waals surface area contributed by atoms with E-state index in [-0.39, 0.29) is 27.7 Å². The molecule has 5 heteroatoms. The second-order valence-corrected chi connectivity index (χ2v) is 0.192. The number of carboxylic acid groups (broad SMARTS) is 2. The molecule has 0 aromatic heterocycles. The first-order valence-electron chi connectivity index (χ1n) is 0.943. The Morgan fingerprint density at radius 1 is 1.00 bits per heavy atom. The van der Waals surface area contributed by atoms with Crippen LogP contribution in [0.15, 0.2) is 0 Å². The fourth-order valence-electron chi connectivity index (χ4n) is 0. The maximum absolute atomic E-state index is 8.25. The standard InChI is InChI=1S/2CH2O2.Hg/c2*2-1-3;/h2*1H,(H,2,3);/q;;+2/p-2. The van der Waals surface area contributed by atoms with E-state index in [1.165, 1.54) is 0 Å². The van der Waals surface area contributed by atoms with Crippen molar-refractivity contribution in [3.8, 4) is 0 Å². The molecule has 0 atom stereocenters. The van der Waals surface area contributed by atoms with Crippen molar-refractivity contribution in [2.45, 2.75) is 0 Å². The van der Waals surface area contributed by atoms with Crippen molar-refractivity contribution in [1.82, 2.24) is 0 Å². The summed E-state index contributed by atoms with van der Waals surface area (Å²) in [6.45, 7) is -1.00. The van der Waals surface area contributed by atoms with Crippen molar-refractivity contribution in [3.63, 3.8) is 0 Å². The van der Waals surface area contributed by atoms with Gasteiger partial charge in [-0.1, -0.05) is 0 Å². The van der Waals surface area contributed by atoms with E-state index in [1.54, 1.807) is 0 Å². The Balaban J connectivity index is -0.0000000400. The Hall–Kier alpha value is -0.125. The van der Waals surface area contributed by atoms with E-state index in [4.69, 9.17) is 19.8 Å². The van der Waals surface area contributed by atoms with Gasteiger partial charge in [-0.2, -0.15) is 0 Å². The fraction of sp³-hybridized carbons (Fsp3) is 0. The summed E-state index contributed by atoms with van der Waals surface area (Å²) in [5.41, 5.74) is 0. The molecule has 0 rings (SSSR count). The van der Waals surface area contributed by atoms with E-state index in [2.05, 4.69) is 0 Å². The summed E-state index contributed by atoms with van der Waals surface area (Å²) in [5, 5.41) is 16.5. The van der Waals surface area contributed by atoms with Gasteiger partial charge in [-0.25, -0.2) is 0 Å². The predicted octanol–water partition coefficient (Wildman–Crippen LogP) is -3.27. The summed E-state index contributed by atoms with van der Waals surface area (Å²) in [6, 6.07) is 0. The van der Waals surface area contributed by atoms with Crippen LogP contribution in [0, 0.1) is 0 Å². The summed E-state index contributed by atoms with van der Waals surface area (Å²) < 4.78 is 0. The zero-order chi connectivity index (χ0) is 5.41. The van der Waals surface area contributed by atoms with Crippen LogP contribution in [0.1, 0.15) is 0 Å². The third-order valence-electron chi connectivity index (χ3n) is 0. The molecule has 0 N–H and O–H groups in total. The van der Waals surface area contributed by atoms with Crippen molar-refractivity contribution in [3.05, 3.63) is 0 Å². The zero-order valence-electron chi connectivity index (χ0n) is 3.49. The quantitative estimate of drug-likeness (QED) is 0.346. The molecule has 36 valence electrons. The van der Waals surface area contributed by atoms with Gasteiger partial charge in [0.05, 0.1) is 0 Å². The Labute approximate surface area is 60.7 Å². The van der Waals surface area contributed by atoms with Crippen molar-refractivity contribution in [2.75, 3.05) is 0 Å². The minimum atomic E-state index is -0.500. The van der Waals surface area contributed by atoms with Crippen LogP contribution in [-0.2, 0) is 37.3 Å². The van der Waals surface area contributed by atoms with Gasteiger partial charge in [-0.3, -0.25) is 0 Å². The Morgan fingerprint density at radius 3 is 1.00 bits per heavy atom. The molecular formula is C2H2HgO4. The molecule has 0 heterocycles. The maximum Gasteiger partial charge on any atom is 2.00 e. The molecule has 4 nitrogen and oxygen atoms in total. The summed E-state index contributed by atoms with van der Waals surface area (Å²) in [4.78, 5) is 16.5. The fourth-order valence-corrected chi connectivity index (χ4v) is 0. The van der Waals surface area contributed by atoms with Crippen LogP contribution in [0.25, 0.3) is 0 Å². The third-order valence-corrected chi connectivity index (χ3v) is 0. The first-order valence-corrected chi connectivity index (χ1v) is 0.943. The average Bonchev–Trinajstić information content (AvgIpc) is 1.39. The van der Waals surface area contributed by atoms with Crippen molar-refractivity contribution in [2.24, 2.45) is 0 Å². The molecule has 0 amide bonds. The van der Waals surface area contributed by atoms with Gasteiger partial charge in [0.2, 0.25) is 0 Å². The summed E-state index contributed by atoms with van der Waals surface area (Å²) in [6.07, 6.45) is 0. The van der Waals surface area contributed by atoms with Crippen LogP contribution in [0.4, 0.5) is 0 Å². The Kier molecular flexibility index (Phi) is 89.7. The molecule has 0 bridgehead atoms. The number of rotatable bonds is 0. The van der Waals surface area contributed by atoms with Gasteiger partial charge in [-0.05, 0) is 0 Å². The summed E-state index contributed by atoms with van der Waals surface area (Å²) in [7, 11) is 0. The molecule has 0 aliphatic heterocycles. The summed E-state index contributed by atoms with van der Waals surface area (Å²) in [5.74, 6) is 0. The van der Waals surface area contributed by atoms with E-state index < -0.39 is 12.9 Å². The number of carbonyl (C=O) groups excluding carboxylic acids is 2. The topological polar surface area (TPSA) is 80.3 Å². The third kappa shape index (κ3) is 5650. The first-order chi connectivity index (χ1) is 2.83. The van der Waals surface area contributed by atoms with E-state index in [0.29, 0.717) is 0 Å². The monoisotopic (exact) mass is 292 g/mol. The molecule has 0 radical (unpaired) electrons. The normalized spacial score (nSPS) is 3.43. The van der Waals surface area contributed by atoms with Gasteiger partial charge in [0.25, 0.3) is 0 Å². The Morgan fingerprint density at radius 2 is 1.00 bits per heavy atom. The van der Waals surface area contributed by atoms with Gasteiger partial charge in [0, 0.05) is 12.9 Å². The molecule has 0 unspecified atom stereocenters. The molecule has 0 saturated heterocycles. The van der Waals surface area contributed by atoms with Gasteiger partial charge in [-0.15, -0.1) is 0 Å². The second-order valence-electron chi connectivity index (χ2n) is 0.192. The van der Waals surface area contributed by atoms with Crippen molar-refractivity contribution < 1.29 is 47.5 Å². The van der Waals surface area contributed by atoms with Crippen LogP contribution in [-0.4, -0.2) is 12.9 Å². The van der Waals surface area contributed by atoms with Gasteiger partial charge < -0.3 is 19.8 Å². The smallest absolute Gasteiger partial charge is 0.554 e. The maximum atomic E-state index is 8.25. The molecule has 0 aliphatic rings. The Bertz CT molecular complexity index is 30.7. The van der Waals surface area contributed by atoms with Crippen LogP contribution < -0.4 is 10.2 Å². The molecule has 0 aliphatic carbocycles. The molecule has 0 spiro atoms. The van der Waals surface area contributed by atoms with Crippen molar-refractivity contribution in [1.29, 1.82) is 0 Å². The number of hydrogen-bond acceptors (Lipinski definition) is 4. The van der Waals surface area contributed by atoms with Crippen LogP contribution in [0.2, 0.25) is 0 Å². The van der Waals surface area contributed by atoms with E-state index in [9.17, 15) is 0 Å². The molecule has 0 saturated carbocycles. The van der Waals surface area contributed by atoms with E-state index in [0.717, 1.165) is 0 Å². The van der Waals surface area contributed by atoms with Gasteiger partial charge >= 0.3 is 27.7 Å². The van der Waals surface area contributed by atoms with Gasteiger partial charge in [0.15, 0.2) is 0 Å². The first kappa shape index (κ1) is 15.8. The zero-order valence-corrected chi connectivity index (χ0v) is 8.99. The van der Waals surface area contributed by atoms with Crippen LogP contribution in [0.5, 0.6) is 0 Å². The molecule has 0 fully saturated rings. The van der Waals surface area contributed by atoms with Crippen LogP contribution in [0.3, 0.4) is 0 Å². The predicted molar refractivity (Wildman–Crippen MR) is 12.1 cm³/mol. The van der Waals surface area contributed by atoms with Crippen LogP contribution >= 0.6 is 0 Å². The minimum Gasteiger partial charge on any atom is -0.554 e. The number of carbonyl (C=O) groups is 2. The summed E-state index contributed by atoms with van der Waals surface area (Å²) >= 11 is 0. The largest absolute Gasteiger partial charge is 2.00 e. The van der Waals surface area contributed by atoms with E-state index in [1.807, 2.05) is 0 Å². The van der Waals surface area contributed by atoms with E-state index >= 15 is 0 Å². The average molecular weight is 291 g/mol. The number of hydrogen-bond donors (Lipinski definition) is 0. The SMILES string of the molecule is O=C[O-].O=C[O-].[Hg+2]. The van der Waals surface area contributed by atoms with Gasteiger partial charge in [0.1, 0.15) is 0 Å². The van der Waals surface area contributed by atoms with Crippen molar-refractivity contribution >= 4 is 12.9 Å². The molecular weight excluding hydrogens is 289 g/mol. The second kappa shape index (κ2) is 39.7. The molecule has 0 aromatic carbocycles. The molecule has 0 aromatic rings. The molecule has 7 heavy (non-hydrogen) atoms. The minimum absolute atomic E-state index is 0.